The van der Waals surface area contributed by atoms with E-state index in [9.17, 15) is 14.7 Å². The summed E-state index contributed by atoms with van der Waals surface area (Å²) in [5.41, 5.74) is 2.38. The number of aromatic nitrogens is 2. The number of rotatable bonds is 8. The molecule has 1 unspecified atom stereocenters. The van der Waals surface area contributed by atoms with Gasteiger partial charge in [-0.2, -0.15) is 0 Å². The summed E-state index contributed by atoms with van der Waals surface area (Å²) in [6, 6.07) is 18.0. The van der Waals surface area contributed by atoms with Gasteiger partial charge in [0.1, 0.15) is 0 Å². The van der Waals surface area contributed by atoms with Crippen molar-refractivity contribution < 1.29 is 9.90 Å². The van der Waals surface area contributed by atoms with Gasteiger partial charge in [0.05, 0.1) is 12.6 Å². The smallest absolute Gasteiger partial charge is 0.250 e. The number of carbonyl (C=O) groups excluding carboxylic acids is 1. The SMILES string of the molecule is Cc1cccc(=O)n1CCC(=O)N(Cc1ccncc1)CC(O)c1ccccc1. The summed E-state index contributed by atoms with van der Waals surface area (Å²) in [6.45, 7) is 2.69. The van der Waals surface area contributed by atoms with Crippen molar-refractivity contribution in [2.24, 2.45) is 0 Å². The highest BCUT2D eigenvalue weighted by Crippen LogP contribution is 2.16. The summed E-state index contributed by atoms with van der Waals surface area (Å²) >= 11 is 0. The molecular weight excluding hydrogens is 366 g/mol. The summed E-state index contributed by atoms with van der Waals surface area (Å²) in [6.07, 6.45) is 2.75. The Labute approximate surface area is 170 Å². The fourth-order valence-corrected chi connectivity index (χ4v) is 3.23. The van der Waals surface area contributed by atoms with Crippen LogP contribution in [-0.4, -0.2) is 32.0 Å². The van der Waals surface area contributed by atoms with Crippen LogP contribution >= 0.6 is 0 Å². The first-order valence-electron chi connectivity index (χ1n) is 9.61. The first kappa shape index (κ1) is 20.5. The van der Waals surface area contributed by atoms with Gasteiger partial charge in [0.25, 0.3) is 5.56 Å². The number of aliphatic hydroxyl groups excluding tert-OH is 1. The van der Waals surface area contributed by atoms with Crippen molar-refractivity contribution in [2.75, 3.05) is 6.54 Å². The van der Waals surface area contributed by atoms with E-state index >= 15 is 0 Å². The molecule has 1 atom stereocenters. The lowest BCUT2D eigenvalue weighted by Crippen LogP contribution is -2.35. The molecule has 0 aliphatic rings. The Morgan fingerprint density at radius 2 is 1.79 bits per heavy atom. The lowest BCUT2D eigenvalue weighted by Gasteiger charge is -2.26. The predicted octanol–water partition coefficient (Wildman–Crippen LogP) is 2.70. The van der Waals surface area contributed by atoms with Crippen LogP contribution in [0.3, 0.4) is 0 Å². The number of aliphatic hydroxyl groups is 1. The van der Waals surface area contributed by atoms with Crippen molar-refractivity contribution in [3.8, 4) is 0 Å². The topological polar surface area (TPSA) is 75.4 Å². The van der Waals surface area contributed by atoms with Gasteiger partial charge >= 0.3 is 0 Å². The van der Waals surface area contributed by atoms with Gasteiger partial charge in [-0.05, 0) is 36.2 Å². The van der Waals surface area contributed by atoms with E-state index in [2.05, 4.69) is 4.98 Å². The molecule has 150 valence electrons. The standard InChI is InChI=1S/C23H25N3O3/c1-18-6-5-9-23(29)26(18)15-12-22(28)25(16-19-10-13-24-14-11-19)17-21(27)20-7-3-2-4-8-20/h2-11,13-14,21,27H,12,15-17H2,1H3. The van der Waals surface area contributed by atoms with Gasteiger partial charge in [0.2, 0.25) is 5.91 Å². The first-order chi connectivity index (χ1) is 14.0. The summed E-state index contributed by atoms with van der Waals surface area (Å²) in [7, 11) is 0. The van der Waals surface area contributed by atoms with Gasteiger partial charge < -0.3 is 14.6 Å². The minimum absolute atomic E-state index is 0.119. The number of amides is 1. The largest absolute Gasteiger partial charge is 0.387 e. The lowest BCUT2D eigenvalue weighted by atomic mass is 10.1. The lowest BCUT2D eigenvalue weighted by molar-refractivity contribution is -0.133. The van der Waals surface area contributed by atoms with Crippen LogP contribution in [-0.2, 0) is 17.9 Å². The number of hydrogen-bond acceptors (Lipinski definition) is 4. The van der Waals surface area contributed by atoms with Gasteiger partial charge in [0, 0.05) is 43.7 Å². The van der Waals surface area contributed by atoms with Crippen LogP contribution in [0, 0.1) is 6.92 Å². The quantitative estimate of drug-likeness (QED) is 0.641. The number of pyridine rings is 2. The molecule has 3 aromatic rings. The van der Waals surface area contributed by atoms with E-state index in [-0.39, 0.29) is 24.4 Å². The maximum Gasteiger partial charge on any atom is 0.250 e. The van der Waals surface area contributed by atoms with Gasteiger partial charge in [-0.3, -0.25) is 14.6 Å². The molecule has 2 heterocycles. The third kappa shape index (κ3) is 5.62. The second-order valence-electron chi connectivity index (χ2n) is 6.96. The van der Waals surface area contributed by atoms with Crippen molar-refractivity contribution in [1.29, 1.82) is 0 Å². The Morgan fingerprint density at radius 3 is 2.48 bits per heavy atom. The molecule has 2 aromatic heterocycles. The highest BCUT2D eigenvalue weighted by Gasteiger charge is 2.19. The Bertz CT molecular complexity index is 987. The zero-order valence-electron chi connectivity index (χ0n) is 16.4. The molecular formula is C23H25N3O3. The molecule has 1 N–H and O–H groups in total. The molecule has 3 rings (SSSR count). The molecule has 0 aliphatic heterocycles. The molecule has 6 heteroatoms. The zero-order chi connectivity index (χ0) is 20.6. The average Bonchev–Trinajstić information content (AvgIpc) is 2.74. The van der Waals surface area contributed by atoms with E-state index in [1.807, 2.05) is 55.5 Å². The second kappa shape index (κ2) is 9.80. The summed E-state index contributed by atoms with van der Waals surface area (Å²) in [5, 5.41) is 10.6. The molecule has 0 radical (unpaired) electrons. The molecule has 0 bridgehead atoms. The third-order valence-corrected chi connectivity index (χ3v) is 4.87. The van der Waals surface area contributed by atoms with Crippen molar-refractivity contribution in [2.45, 2.75) is 32.5 Å². The third-order valence-electron chi connectivity index (χ3n) is 4.87. The van der Waals surface area contributed by atoms with Gasteiger partial charge in [0.15, 0.2) is 0 Å². The zero-order valence-corrected chi connectivity index (χ0v) is 16.4. The van der Waals surface area contributed by atoms with Crippen LogP contribution in [0.4, 0.5) is 0 Å². The Hall–Kier alpha value is -3.25. The number of benzene rings is 1. The second-order valence-corrected chi connectivity index (χ2v) is 6.96. The molecule has 1 aromatic carbocycles. The van der Waals surface area contributed by atoms with E-state index in [0.717, 1.165) is 16.8 Å². The van der Waals surface area contributed by atoms with Gasteiger partial charge in [-0.25, -0.2) is 0 Å². The molecule has 0 fully saturated rings. The predicted molar refractivity (Wildman–Crippen MR) is 111 cm³/mol. The maximum atomic E-state index is 13.0. The van der Waals surface area contributed by atoms with Gasteiger partial charge in [-0.15, -0.1) is 0 Å². The maximum absolute atomic E-state index is 13.0. The van der Waals surface area contributed by atoms with Crippen LogP contribution in [0.5, 0.6) is 0 Å². The van der Waals surface area contributed by atoms with Crippen LogP contribution in [0.25, 0.3) is 0 Å². The normalized spacial score (nSPS) is 11.8. The molecule has 6 nitrogen and oxygen atoms in total. The van der Waals surface area contributed by atoms with Crippen LogP contribution < -0.4 is 5.56 Å². The van der Waals surface area contributed by atoms with Crippen LogP contribution in [0.1, 0.15) is 29.3 Å². The molecule has 0 aliphatic carbocycles. The van der Waals surface area contributed by atoms with Crippen molar-refractivity contribution in [1.82, 2.24) is 14.5 Å². The van der Waals surface area contributed by atoms with E-state index in [1.165, 1.54) is 6.07 Å². The van der Waals surface area contributed by atoms with Crippen LogP contribution in [0.15, 0.2) is 77.9 Å². The molecule has 0 saturated heterocycles. The fourth-order valence-electron chi connectivity index (χ4n) is 3.23. The Morgan fingerprint density at radius 1 is 1.07 bits per heavy atom. The molecule has 1 amide bonds. The molecule has 0 saturated carbocycles. The number of hydrogen-bond donors (Lipinski definition) is 1. The highest BCUT2D eigenvalue weighted by atomic mass is 16.3. The van der Waals surface area contributed by atoms with Crippen molar-refractivity contribution >= 4 is 5.91 Å². The molecule has 0 spiro atoms. The fraction of sp³-hybridized carbons (Fsp3) is 0.261. The summed E-state index contributed by atoms with van der Waals surface area (Å²) in [5.74, 6) is -0.119. The Kier molecular flexibility index (Phi) is 6.92. The summed E-state index contributed by atoms with van der Waals surface area (Å²) < 4.78 is 1.59. The first-order valence-corrected chi connectivity index (χ1v) is 9.61. The molecule has 29 heavy (non-hydrogen) atoms. The Balaban J connectivity index is 1.74. The van der Waals surface area contributed by atoms with Gasteiger partial charge in [-0.1, -0.05) is 36.4 Å². The minimum atomic E-state index is -0.789. The van der Waals surface area contributed by atoms with Crippen molar-refractivity contribution in [3.05, 3.63) is 100 Å². The van der Waals surface area contributed by atoms with Crippen molar-refractivity contribution in [3.63, 3.8) is 0 Å². The van der Waals surface area contributed by atoms with Crippen LogP contribution in [0.2, 0.25) is 0 Å². The number of aryl methyl sites for hydroxylation is 1. The number of nitrogens with zero attached hydrogens (tertiary/aromatic N) is 3. The van der Waals surface area contributed by atoms with E-state index in [0.29, 0.717) is 13.1 Å². The van der Waals surface area contributed by atoms with E-state index in [1.54, 1.807) is 27.9 Å². The van der Waals surface area contributed by atoms with E-state index < -0.39 is 6.10 Å². The summed E-state index contributed by atoms with van der Waals surface area (Å²) in [4.78, 5) is 30.7. The van der Waals surface area contributed by atoms with E-state index in [4.69, 9.17) is 0 Å². The highest BCUT2D eigenvalue weighted by molar-refractivity contribution is 5.76. The minimum Gasteiger partial charge on any atom is -0.387 e. The number of carbonyl (C=O) groups is 1. The average molecular weight is 391 g/mol. The monoisotopic (exact) mass is 391 g/mol.